The van der Waals surface area contributed by atoms with Crippen LogP contribution in [0.3, 0.4) is 0 Å². The molecule has 8 bridgehead atoms. The Kier molecular flexibility index (Phi) is 6.24. The Bertz CT molecular complexity index is 1820. The van der Waals surface area contributed by atoms with Gasteiger partial charge >= 0.3 is 0 Å². The zero-order valence-corrected chi connectivity index (χ0v) is 22.5. The van der Waals surface area contributed by atoms with E-state index in [-0.39, 0.29) is 0 Å². The lowest BCUT2D eigenvalue weighted by atomic mass is 10.0. The van der Waals surface area contributed by atoms with Gasteiger partial charge in [0.15, 0.2) is 34.4 Å². The van der Waals surface area contributed by atoms with Crippen LogP contribution in [0.2, 0.25) is 0 Å². The van der Waals surface area contributed by atoms with Crippen molar-refractivity contribution in [2.24, 2.45) is 0 Å². The van der Waals surface area contributed by atoms with Crippen LogP contribution in [-0.4, -0.2) is 48.4 Å². The van der Waals surface area contributed by atoms with Gasteiger partial charge in [0.1, 0.15) is 5.69 Å². The highest BCUT2D eigenvalue weighted by Crippen LogP contribution is 2.46. The van der Waals surface area contributed by atoms with Gasteiger partial charge in [-0.05, 0) is 42.0 Å². The van der Waals surface area contributed by atoms with Crippen LogP contribution in [-0.2, 0) is 9.47 Å². The number of methoxy groups -OCH3 is 4. The van der Waals surface area contributed by atoms with Crippen molar-refractivity contribution in [1.29, 1.82) is 0 Å². The lowest BCUT2D eigenvalue weighted by Gasteiger charge is -2.11. The van der Waals surface area contributed by atoms with E-state index in [4.69, 9.17) is 40.5 Å². The third kappa shape index (κ3) is 4.09. The molecular formula is C30H25ClN4O4. The van der Waals surface area contributed by atoms with Gasteiger partial charge in [0, 0.05) is 22.1 Å². The van der Waals surface area contributed by atoms with E-state index in [9.17, 15) is 0 Å². The Morgan fingerprint density at radius 1 is 0.615 bits per heavy atom. The normalized spacial score (nSPS) is 13.1. The van der Waals surface area contributed by atoms with E-state index in [2.05, 4.69) is 9.97 Å². The number of ether oxygens (including phenoxy) is 4. The maximum Gasteiger partial charge on any atom is 0.192 e. The monoisotopic (exact) mass is 540 g/mol. The second-order valence-corrected chi connectivity index (χ2v) is 9.21. The van der Waals surface area contributed by atoms with E-state index in [0.717, 1.165) is 33.2 Å². The lowest BCUT2D eigenvalue weighted by Crippen LogP contribution is -1.98. The number of hydrogen-bond acceptors (Lipinski definition) is 6. The molecule has 0 fully saturated rings. The molecule has 2 N–H and O–H groups in total. The second kappa shape index (κ2) is 9.89. The van der Waals surface area contributed by atoms with Crippen molar-refractivity contribution in [3.05, 3.63) is 95.1 Å². The van der Waals surface area contributed by atoms with Gasteiger partial charge in [0.25, 0.3) is 0 Å². The standard InChI is InChI=1S/C30H25ClN4O4/c1-36-27-20-13-12-18(33-20)14-17-10-11-19(32-17)15-21-23(31)22(16-8-6-5-7-9-16)24(34-21)28(37-2)26-30(39-4)29(38-3)25(27)35-26/h5-15,32-33H,1-4H3. The van der Waals surface area contributed by atoms with Crippen LogP contribution in [0.5, 0.6) is 11.5 Å². The molecule has 6 rings (SSSR count). The zero-order valence-electron chi connectivity index (χ0n) is 21.8. The molecule has 2 aliphatic heterocycles. The summed E-state index contributed by atoms with van der Waals surface area (Å²) in [6, 6.07) is 21.6. The van der Waals surface area contributed by atoms with Gasteiger partial charge in [-0.25, -0.2) is 9.97 Å². The van der Waals surface area contributed by atoms with Crippen LogP contribution in [0.25, 0.3) is 44.2 Å². The predicted octanol–water partition coefficient (Wildman–Crippen LogP) is 6.61. The summed E-state index contributed by atoms with van der Waals surface area (Å²) >= 11 is 7.03. The molecule has 4 aromatic rings. The number of halogens is 1. The number of fused-ring (bicyclic) bond motifs is 8. The number of hydrogen-bond donors (Lipinski definition) is 2. The van der Waals surface area contributed by atoms with Crippen molar-refractivity contribution in [2.45, 2.75) is 0 Å². The van der Waals surface area contributed by atoms with Gasteiger partial charge in [0.2, 0.25) is 0 Å². The summed E-state index contributed by atoms with van der Waals surface area (Å²) < 4.78 is 23.4. The summed E-state index contributed by atoms with van der Waals surface area (Å²) in [5.41, 5.74) is 6.93. The van der Waals surface area contributed by atoms with Crippen LogP contribution in [0.4, 0.5) is 0 Å². The fourth-order valence-electron chi connectivity index (χ4n) is 4.88. The quantitative estimate of drug-likeness (QED) is 0.296. The van der Waals surface area contributed by atoms with E-state index >= 15 is 0 Å². The minimum atomic E-state index is 0.382. The molecule has 0 amide bonds. The number of aromatic nitrogens is 4. The van der Waals surface area contributed by atoms with Gasteiger partial charge in [-0.1, -0.05) is 41.9 Å². The number of rotatable bonds is 5. The molecule has 0 saturated carbocycles. The largest absolute Gasteiger partial charge is 0.492 e. The maximum atomic E-state index is 7.03. The molecule has 196 valence electrons. The third-order valence-corrected chi connectivity index (χ3v) is 6.97. The third-order valence-electron chi connectivity index (χ3n) is 6.59. The summed E-state index contributed by atoms with van der Waals surface area (Å²) in [5.74, 6) is 1.66. The number of nitrogens with one attached hydrogen (secondary N) is 2. The van der Waals surface area contributed by atoms with Crippen molar-refractivity contribution >= 4 is 55.8 Å². The number of H-pyrrole nitrogens is 2. The van der Waals surface area contributed by atoms with E-state index in [1.54, 1.807) is 28.4 Å². The fourth-order valence-corrected chi connectivity index (χ4v) is 5.18. The summed E-state index contributed by atoms with van der Waals surface area (Å²) in [5, 5.41) is 0.491. The Hall–Kier alpha value is -4.69. The van der Waals surface area contributed by atoms with E-state index in [1.165, 1.54) is 0 Å². The Balaban J connectivity index is 1.83. The second-order valence-electron chi connectivity index (χ2n) is 8.83. The van der Waals surface area contributed by atoms with Crippen molar-refractivity contribution in [2.75, 3.05) is 28.4 Å². The molecule has 0 atom stereocenters. The first-order valence-electron chi connectivity index (χ1n) is 12.2. The van der Waals surface area contributed by atoms with Crippen LogP contribution in [0.15, 0.2) is 66.7 Å². The van der Waals surface area contributed by atoms with Gasteiger partial charge < -0.3 is 28.9 Å². The van der Waals surface area contributed by atoms with Crippen LogP contribution in [0.1, 0.15) is 28.3 Å². The minimum Gasteiger partial charge on any atom is -0.492 e. The summed E-state index contributed by atoms with van der Waals surface area (Å²) in [4.78, 5) is 16.7. The van der Waals surface area contributed by atoms with Crippen LogP contribution in [0, 0.1) is 0 Å². The molecular weight excluding hydrogens is 516 g/mol. The molecule has 3 aromatic heterocycles. The average molecular weight is 541 g/mol. The molecule has 8 nitrogen and oxygen atoms in total. The summed E-state index contributed by atoms with van der Waals surface area (Å²) in [6.45, 7) is 0. The lowest BCUT2D eigenvalue weighted by molar-refractivity contribution is 0.326. The van der Waals surface area contributed by atoms with Crippen molar-refractivity contribution in [1.82, 2.24) is 19.9 Å². The Morgan fingerprint density at radius 2 is 1.23 bits per heavy atom. The molecule has 9 heteroatoms. The first-order chi connectivity index (χ1) is 19.1. The van der Waals surface area contributed by atoms with Crippen LogP contribution < -0.4 is 9.47 Å². The predicted molar refractivity (Wildman–Crippen MR) is 153 cm³/mol. The van der Waals surface area contributed by atoms with E-state index < -0.39 is 0 Å². The Labute approximate surface area is 229 Å². The van der Waals surface area contributed by atoms with Crippen molar-refractivity contribution in [3.8, 4) is 11.5 Å². The topological polar surface area (TPSA) is 94.3 Å². The highest BCUT2D eigenvalue weighted by Gasteiger charge is 2.33. The highest BCUT2D eigenvalue weighted by molar-refractivity contribution is 6.53. The van der Waals surface area contributed by atoms with Gasteiger partial charge in [-0.3, -0.25) is 0 Å². The number of nitrogens with zero attached hydrogens (tertiary/aromatic N) is 2. The molecule has 2 aliphatic rings. The summed E-state index contributed by atoms with van der Waals surface area (Å²) in [6.07, 6.45) is 0. The minimum absolute atomic E-state index is 0.382. The first-order valence-corrected chi connectivity index (χ1v) is 12.5. The molecule has 0 aliphatic carbocycles. The number of aromatic amines is 2. The van der Waals surface area contributed by atoms with Crippen molar-refractivity contribution in [3.63, 3.8) is 0 Å². The summed E-state index contributed by atoms with van der Waals surface area (Å²) in [7, 11) is 6.28. The fraction of sp³-hybridized carbons (Fsp3) is 0.133. The first kappa shape index (κ1) is 24.6. The zero-order chi connectivity index (χ0) is 27.1. The molecule has 0 spiro atoms. The smallest absolute Gasteiger partial charge is 0.192 e. The average Bonchev–Trinajstić information content (AvgIpc) is 3.73. The highest BCUT2D eigenvalue weighted by atomic mass is 35.5. The SMILES string of the molecule is COC1=C(OC)c2nc1c(OC)c1nc(cc3ccc(cc4ccc([nH]4)c2OC)[nH]3)C(Cl)=C1c1ccccc1. The molecule has 5 heterocycles. The maximum absolute atomic E-state index is 7.03. The molecule has 0 unspecified atom stereocenters. The van der Waals surface area contributed by atoms with Crippen molar-refractivity contribution < 1.29 is 18.9 Å². The van der Waals surface area contributed by atoms with Gasteiger partial charge in [-0.2, -0.15) is 0 Å². The molecule has 39 heavy (non-hydrogen) atoms. The van der Waals surface area contributed by atoms with E-state index in [1.807, 2.05) is 66.7 Å². The molecule has 0 saturated heterocycles. The molecule has 0 radical (unpaired) electrons. The van der Waals surface area contributed by atoms with Gasteiger partial charge in [-0.15, -0.1) is 0 Å². The molecule has 1 aromatic carbocycles. The van der Waals surface area contributed by atoms with Crippen LogP contribution >= 0.6 is 11.6 Å². The number of benzene rings is 1. The van der Waals surface area contributed by atoms with E-state index in [0.29, 0.717) is 50.8 Å². The van der Waals surface area contributed by atoms with Gasteiger partial charge in [0.05, 0.1) is 44.7 Å². The Morgan fingerprint density at radius 3 is 1.90 bits per heavy atom.